The molecule has 0 heterocycles. The van der Waals surface area contributed by atoms with E-state index in [2.05, 4.69) is 0 Å². The van der Waals surface area contributed by atoms with Gasteiger partial charge in [-0.05, 0) is 30.7 Å². The highest BCUT2D eigenvalue weighted by atomic mass is 35.5. The van der Waals surface area contributed by atoms with Crippen LogP contribution in [0.4, 0.5) is 5.69 Å². The van der Waals surface area contributed by atoms with Gasteiger partial charge in [0.25, 0.3) is 0 Å². The van der Waals surface area contributed by atoms with E-state index in [0.29, 0.717) is 16.5 Å². The summed E-state index contributed by atoms with van der Waals surface area (Å²) in [5.41, 5.74) is 8.13. The van der Waals surface area contributed by atoms with E-state index in [1.54, 1.807) is 18.2 Å². The summed E-state index contributed by atoms with van der Waals surface area (Å²) < 4.78 is 10.4. The Labute approximate surface area is 128 Å². The van der Waals surface area contributed by atoms with Crippen LogP contribution < -0.4 is 10.5 Å². The molecule has 0 aliphatic carbocycles. The smallest absolute Gasteiger partial charge is 0.344 e. The lowest BCUT2D eigenvalue weighted by atomic mass is 10.1. The molecule has 0 spiro atoms. The molecule has 110 valence electrons. The van der Waals surface area contributed by atoms with Gasteiger partial charge in [-0.2, -0.15) is 0 Å². The molecule has 0 aliphatic rings. The summed E-state index contributed by atoms with van der Waals surface area (Å²) in [6, 6.07) is 10.6. The molecule has 4 nitrogen and oxygen atoms in total. The maximum atomic E-state index is 12.2. The number of carbonyl (C=O) groups excluding carboxylic acids is 1. The van der Waals surface area contributed by atoms with Crippen molar-refractivity contribution in [1.29, 1.82) is 0 Å². The number of anilines is 1. The van der Waals surface area contributed by atoms with Crippen LogP contribution in [0.2, 0.25) is 5.02 Å². The molecular formula is C16H16ClNO3. The number of nitrogens with two attached hydrogens (primary N) is 1. The molecule has 0 saturated carbocycles. The van der Waals surface area contributed by atoms with Crippen LogP contribution in [0, 0.1) is 6.92 Å². The predicted molar refractivity (Wildman–Crippen MR) is 82.7 cm³/mol. The standard InChI is InChI=1S/C16H16ClNO3/c1-10-6-7-11(12(17)8-10)9-21-16(19)15-13(18)4-3-5-14(15)20-2/h3-8H,9,18H2,1-2H3. The highest BCUT2D eigenvalue weighted by Gasteiger charge is 2.17. The van der Waals surface area contributed by atoms with Crippen LogP contribution in [0.25, 0.3) is 0 Å². The molecule has 21 heavy (non-hydrogen) atoms. The first kappa shape index (κ1) is 15.2. The van der Waals surface area contributed by atoms with Crippen molar-refractivity contribution in [2.75, 3.05) is 12.8 Å². The fourth-order valence-electron chi connectivity index (χ4n) is 1.92. The zero-order valence-electron chi connectivity index (χ0n) is 11.9. The molecule has 2 aromatic carbocycles. The second-order valence-corrected chi connectivity index (χ2v) is 5.00. The third-order valence-corrected chi connectivity index (χ3v) is 3.40. The minimum Gasteiger partial charge on any atom is -0.496 e. The lowest BCUT2D eigenvalue weighted by Gasteiger charge is -2.11. The topological polar surface area (TPSA) is 61.5 Å². The van der Waals surface area contributed by atoms with Gasteiger partial charge < -0.3 is 15.2 Å². The molecule has 0 unspecified atom stereocenters. The Hall–Kier alpha value is -2.20. The number of esters is 1. The fraction of sp³-hybridized carbons (Fsp3) is 0.188. The van der Waals surface area contributed by atoms with E-state index in [4.69, 9.17) is 26.8 Å². The lowest BCUT2D eigenvalue weighted by molar-refractivity contribution is 0.0470. The number of hydrogen-bond donors (Lipinski definition) is 1. The molecule has 0 aliphatic heterocycles. The number of carbonyl (C=O) groups is 1. The van der Waals surface area contributed by atoms with Crippen molar-refractivity contribution in [3.63, 3.8) is 0 Å². The minimum atomic E-state index is -0.540. The highest BCUT2D eigenvalue weighted by molar-refractivity contribution is 6.31. The second kappa shape index (κ2) is 6.50. The quantitative estimate of drug-likeness (QED) is 0.692. The van der Waals surface area contributed by atoms with E-state index in [0.717, 1.165) is 11.1 Å². The third-order valence-electron chi connectivity index (χ3n) is 3.05. The molecule has 2 aromatic rings. The second-order valence-electron chi connectivity index (χ2n) is 4.60. The Balaban J connectivity index is 2.16. The van der Waals surface area contributed by atoms with E-state index in [9.17, 15) is 4.79 Å². The average Bonchev–Trinajstić information content (AvgIpc) is 2.45. The van der Waals surface area contributed by atoms with Gasteiger partial charge in [0, 0.05) is 16.3 Å². The van der Waals surface area contributed by atoms with Crippen molar-refractivity contribution in [2.45, 2.75) is 13.5 Å². The Kier molecular flexibility index (Phi) is 4.70. The summed E-state index contributed by atoms with van der Waals surface area (Å²) in [6.07, 6.45) is 0. The van der Waals surface area contributed by atoms with Gasteiger partial charge in [0.2, 0.25) is 0 Å². The van der Waals surface area contributed by atoms with Crippen molar-refractivity contribution < 1.29 is 14.3 Å². The number of aryl methyl sites for hydroxylation is 1. The van der Waals surface area contributed by atoms with Crippen molar-refractivity contribution in [3.05, 3.63) is 58.1 Å². The molecule has 0 aromatic heterocycles. The van der Waals surface area contributed by atoms with E-state index in [1.165, 1.54) is 7.11 Å². The van der Waals surface area contributed by atoms with Crippen LogP contribution in [-0.2, 0) is 11.3 Å². The van der Waals surface area contributed by atoms with E-state index < -0.39 is 5.97 Å². The molecule has 0 amide bonds. The van der Waals surface area contributed by atoms with Gasteiger partial charge in [-0.1, -0.05) is 29.8 Å². The Bertz CT molecular complexity index is 671. The molecule has 0 atom stereocenters. The molecule has 5 heteroatoms. The van der Waals surface area contributed by atoms with Gasteiger partial charge in [-0.25, -0.2) is 4.79 Å². The molecule has 0 bridgehead atoms. The lowest BCUT2D eigenvalue weighted by Crippen LogP contribution is -2.10. The normalized spacial score (nSPS) is 10.2. The predicted octanol–water partition coefficient (Wildman–Crippen LogP) is 3.60. The third kappa shape index (κ3) is 3.47. The maximum Gasteiger partial charge on any atom is 0.344 e. The minimum absolute atomic E-state index is 0.0788. The van der Waals surface area contributed by atoms with Gasteiger partial charge in [0.1, 0.15) is 17.9 Å². The number of benzene rings is 2. The average molecular weight is 306 g/mol. The maximum absolute atomic E-state index is 12.2. The van der Waals surface area contributed by atoms with Crippen LogP contribution in [0.3, 0.4) is 0 Å². The van der Waals surface area contributed by atoms with Gasteiger partial charge in [-0.15, -0.1) is 0 Å². The van der Waals surface area contributed by atoms with Gasteiger partial charge in [-0.3, -0.25) is 0 Å². The SMILES string of the molecule is COc1cccc(N)c1C(=O)OCc1ccc(C)cc1Cl. The molecule has 2 N–H and O–H groups in total. The highest BCUT2D eigenvalue weighted by Crippen LogP contribution is 2.26. The zero-order chi connectivity index (χ0) is 15.4. The summed E-state index contributed by atoms with van der Waals surface area (Å²) in [6.45, 7) is 2.02. The summed E-state index contributed by atoms with van der Waals surface area (Å²) in [7, 11) is 1.47. The Morgan fingerprint density at radius 2 is 2.05 bits per heavy atom. The molecule has 0 saturated heterocycles. The van der Waals surface area contributed by atoms with Gasteiger partial charge >= 0.3 is 5.97 Å². The van der Waals surface area contributed by atoms with Crippen LogP contribution >= 0.6 is 11.6 Å². The molecule has 0 radical (unpaired) electrons. The van der Waals surface area contributed by atoms with E-state index >= 15 is 0 Å². The Morgan fingerprint density at radius 3 is 2.71 bits per heavy atom. The largest absolute Gasteiger partial charge is 0.496 e. The first-order chi connectivity index (χ1) is 10.0. The number of rotatable bonds is 4. The van der Waals surface area contributed by atoms with Crippen LogP contribution in [0.5, 0.6) is 5.75 Å². The summed E-state index contributed by atoms with van der Waals surface area (Å²) in [5, 5.41) is 0.566. The van der Waals surface area contributed by atoms with Crippen molar-refractivity contribution >= 4 is 23.3 Å². The number of halogens is 1. The fourth-order valence-corrected chi connectivity index (χ4v) is 2.21. The Morgan fingerprint density at radius 1 is 1.29 bits per heavy atom. The van der Waals surface area contributed by atoms with E-state index in [-0.39, 0.29) is 12.2 Å². The monoisotopic (exact) mass is 305 g/mol. The first-order valence-electron chi connectivity index (χ1n) is 6.37. The molecule has 0 fully saturated rings. The van der Waals surface area contributed by atoms with Crippen molar-refractivity contribution in [1.82, 2.24) is 0 Å². The number of ether oxygens (including phenoxy) is 2. The number of nitrogen functional groups attached to an aromatic ring is 1. The first-order valence-corrected chi connectivity index (χ1v) is 6.75. The zero-order valence-corrected chi connectivity index (χ0v) is 12.6. The van der Waals surface area contributed by atoms with Crippen LogP contribution in [0.15, 0.2) is 36.4 Å². The van der Waals surface area contributed by atoms with Gasteiger partial charge in [0.05, 0.1) is 7.11 Å². The van der Waals surface area contributed by atoms with Crippen molar-refractivity contribution in [2.24, 2.45) is 0 Å². The molecular weight excluding hydrogens is 290 g/mol. The summed E-state index contributed by atoms with van der Waals surface area (Å²) in [4.78, 5) is 12.2. The van der Waals surface area contributed by atoms with Crippen LogP contribution in [0.1, 0.15) is 21.5 Å². The van der Waals surface area contributed by atoms with E-state index in [1.807, 2.05) is 25.1 Å². The van der Waals surface area contributed by atoms with Crippen molar-refractivity contribution in [3.8, 4) is 5.75 Å². The van der Waals surface area contributed by atoms with Crippen LogP contribution in [-0.4, -0.2) is 13.1 Å². The van der Waals surface area contributed by atoms with Gasteiger partial charge in [0.15, 0.2) is 0 Å². The number of methoxy groups -OCH3 is 1. The summed E-state index contributed by atoms with van der Waals surface area (Å²) >= 11 is 6.11. The molecule has 2 rings (SSSR count). The number of hydrogen-bond acceptors (Lipinski definition) is 4. The summed E-state index contributed by atoms with van der Waals surface area (Å²) in [5.74, 6) is -0.156.